The van der Waals surface area contributed by atoms with Crippen molar-refractivity contribution in [2.45, 2.75) is 183 Å². The number of nitrogens with two attached hydrogens (primary N) is 1. The molecule has 6 aliphatic rings. The minimum atomic E-state index is -0.675. The van der Waals surface area contributed by atoms with E-state index in [0.29, 0.717) is 145 Å². The molecule has 0 unspecified atom stereocenters. The van der Waals surface area contributed by atoms with Crippen LogP contribution in [0.25, 0.3) is 100 Å². The Kier molecular flexibility index (Phi) is 33.9. The van der Waals surface area contributed by atoms with E-state index in [2.05, 4.69) is 80.4 Å². The highest BCUT2D eigenvalue weighted by atomic mass is 79.9. The van der Waals surface area contributed by atoms with Gasteiger partial charge in [0.25, 0.3) is 11.5 Å². The molecule has 5 aromatic carbocycles. The van der Waals surface area contributed by atoms with Crippen LogP contribution in [0.2, 0.25) is 0 Å². The van der Waals surface area contributed by atoms with Crippen molar-refractivity contribution in [1.29, 1.82) is 0 Å². The maximum absolute atomic E-state index is 15.7. The number of aromatic amines is 1. The van der Waals surface area contributed by atoms with Gasteiger partial charge in [0.1, 0.15) is 40.0 Å². The smallest absolute Gasteiger partial charge is 0.481 e. The molecule has 33 nitrogen and oxygen atoms in total. The summed E-state index contributed by atoms with van der Waals surface area (Å²) in [7, 11) is 4.12. The second-order valence-electron chi connectivity index (χ2n) is 37.4. The maximum Gasteiger partial charge on any atom is 0.494 e. The van der Waals surface area contributed by atoms with Crippen molar-refractivity contribution in [3.8, 4) is 96.1 Å². The summed E-state index contributed by atoms with van der Waals surface area (Å²) in [6.07, 6.45) is 18.7. The summed E-state index contributed by atoms with van der Waals surface area (Å²) in [5.74, 6) is -2.32. The van der Waals surface area contributed by atoms with E-state index in [9.17, 15) is 28.4 Å². The van der Waals surface area contributed by atoms with Gasteiger partial charge in [0.2, 0.25) is 17.6 Å². The van der Waals surface area contributed by atoms with Gasteiger partial charge in [0, 0.05) is 100 Å². The molecule has 6 saturated heterocycles. The molecule has 0 aliphatic carbocycles. The molecule has 0 bridgehead atoms. The van der Waals surface area contributed by atoms with Gasteiger partial charge < -0.3 is 72.1 Å². The molecule has 778 valence electrons. The average Bonchev–Trinajstić information content (AvgIpc) is 1.57. The molecule has 0 spiro atoms. The number of fused-ring (bicyclic) bond motifs is 3. The molecule has 20 rings (SSSR count). The van der Waals surface area contributed by atoms with E-state index < -0.39 is 65.4 Å². The van der Waals surface area contributed by atoms with Crippen molar-refractivity contribution < 1.29 is 98.2 Å². The quantitative estimate of drug-likeness (QED) is 0.0220. The number of carbonyl (C=O) groups excluding carboxylic acids is 4. The van der Waals surface area contributed by atoms with Crippen LogP contribution in [0.5, 0.6) is 17.6 Å². The van der Waals surface area contributed by atoms with Gasteiger partial charge in [-0.25, -0.2) is 46.9 Å². The van der Waals surface area contributed by atoms with E-state index in [1.807, 2.05) is 91.4 Å². The SMILES string of the molecule is CCOC(=O)c1cnn([C@H]2CCOC2)c1-c1ccc(-c2c(C)cnc(OC)c2CC)cc1F.CCOC(=O)c1cnn([C@H]2CCOC2)c1-c1ccc(B2OC(C)(C)C(C)(C)O2)cc1F.CCOC(=O)c1cnn([C@H]2CCOC2)c1-c1ccc(Br)cc1F.CCc1c(OC)ncc(C)c1-c1ccc(-c2c(C(N)=O)cnn2[C@H]2CCOC2)c(F)c1.CCc1c(OC)ncc(C)c1-c1ccc2c(c1)[nH]c(=O)c1cnn([C@H]3CCOC3)c12. The molecule has 39 heteroatoms. The number of esters is 3. The molecule has 15 heterocycles. The van der Waals surface area contributed by atoms with Crippen molar-refractivity contribution in [1.82, 2.24) is 68.8 Å². The van der Waals surface area contributed by atoms with E-state index in [0.717, 1.165) is 123 Å². The minimum absolute atomic E-state index is 0.0174. The van der Waals surface area contributed by atoms with Crippen LogP contribution in [0.4, 0.5) is 17.6 Å². The van der Waals surface area contributed by atoms with Crippen LogP contribution in [0.3, 0.4) is 0 Å². The number of pyridine rings is 4. The Morgan fingerprint density at radius 2 is 0.750 bits per heavy atom. The molecule has 6 aliphatic heterocycles. The standard InChI is InChI=1S/C25H28FN3O4.C23H25FN4O3.C23H24N4O3.C22H28BFN2O5.C16H16BrFN2O3/c1-5-18-22(15(3)12-27-24(18)31-4)16-7-8-19(21(26)11-16)23-20(25(30)33-6-2)13-28-29(23)17-9-10-32-14-17;1-4-16-20(13(2)10-26-23(16)30-3)14-5-6-17(19(24)9-14)21-18(22(25)29)11-27-28(21)15-7-8-31-12-15;1-4-16-20(13(2)10-24-23(16)29-3)14-5-6-17-19(9-14)26-22(28)18-11-25-27(21(17)18)15-7-8-30-12-15;1-6-29-20(27)17-12-25-26(15-9-10-28-13-15)19(17)16-8-7-14(11-18(16)24)23-30-21(2,3)22(4,5)31-23;1-2-23-16(21)13-8-19-20(11-5-6-22-9-11)15(13)12-4-3-10(17)7-14(12)18/h7-8,11-13,17H,5-6,9-10,14H2,1-4H3;5-6,9-11,15H,4,7-8,12H2,1-3H3,(H2,25,29);5-6,9-11,15H,4,7-8,12H2,1-3H3,(H,26,28);7-8,11-12,15H,6,9-10,13H2,1-5H3;3-4,7-8,11H,2,5-6,9H2,1H3/t17-;3*15-;11-/m00000/s1. The first kappa shape index (κ1) is 107. The lowest BCUT2D eigenvalue weighted by Gasteiger charge is -2.32. The van der Waals surface area contributed by atoms with Gasteiger partial charge in [-0.2, -0.15) is 25.5 Å². The Morgan fingerprint density at radius 3 is 1.08 bits per heavy atom. The lowest BCUT2D eigenvalue weighted by atomic mass is 9.78. The summed E-state index contributed by atoms with van der Waals surface area (Å²) in [5.41, 5.74) is 21.5. The molecule has 14 aromatic rings. The first-order valence-corrected chi connectivity index (χ1v) is 50.4. The van der Waals surface area contributed by atoms with E-state index in [-0.39, 0.29) is 89.0 Å². The minimum Gasteiger partial charge on any atom is -0.481 e. The number of amides is 1. The van der Waals surface area contributed by atoms with Crippen LogP contribution in [0.1, 0.15) is 206 Å². The molecule has 0 radical (unpaired) electrons. The number of halogens is 5. The third-order valence-corrected chi connectivity index (χ3v) is 28.2. The summed E-state index contributed by atoms with van der Waals surface area (Å²) >= 11 is 3.24. The van der Waals surface area contributed by atoms with Gasteiger partial charge >= 0.3 is 25.0 Å². The number of nitrogens with zero attached hydrogens (tertiary/aromatic N) is 13. The lowest BCUT2D eigenvalue weighted by Crippen LogP contribution is -2.41. The first-order chi connectivity index (χ1) is 71.3. The Labute approximate surface area is 862 Å². The molecule has 6 fully saturated rings. The van der Waals surface area contributed by atoms with Crippen LogP contribution in [0, 0.1) is 44.0 Å². The van der Waals surface area contributed by atoms with Crippen LogP contribution >= 0.6 is 15.9 Å². The Hall–Kier alpha value is -13.7. The number of rotatable bonds is 26. The first-order valence-electron chi connectivity index (χ1n) is 49.7. The van der Waals surface area contributed by atoms with Crippen LogP contribution in [0.15, 0.2) is 150 Å². The number of hydrogen-bond acceptors (Lipinski definition) is 26. The Bertz CT molecular complexity index is 7280. The lowest BCUT2D eigenvalue weighted by molar-refractivity contribution is 0.00578. The highest BCUT2D eigenvalue weighted by Gasteiger charge is 2.52. The molecule has 0 saturated carbocycles. The third-order valence-electron chi connectivity index (χ3n) is 27.7. The van der Waals surface area contributed by atoms with E-state index in [1.54, 1.807) is 116 Å². The third kappa shape index (κ3) is 22.0. The number of ether oxygens (including phenoxy) is 11. The highest BCUT2D eigenvalue weighted by Crippen LogP contribution is 2.45. The summed E-state index contributed by atoms with van der Waals surface area (Å²) in [5, 5.41) is 23.5. The summed E-state index contributed by atoms with van der Waals surface area (Å²) in [4.78, 5) is 78.3. The second-order valence-corrected chi connectivity index (χ2v) is 38.3. The van der Waals surface area contributed by atoms with E-state index in [4.69, 9.17) is 67.1 Å². The van der Waals surface area contributed by atoms with Crippen molar-refractivity contribution >= 4 is 74.1 Å². The fraction of sp³-hybridized carbons (Fsp3) is 0.404. The zero-order valence-electron chi connectivity index (χ0n) is 85.7. The van der Waals surface area contributed by atoms with Crippen LogP contribution < -0.4 is 31.0 Å². The fourth-order valence-electron chi connectivity index (χ4n) is 19.6. The molecular formula is C109H121BBrF4N15O18. The average molecular weight is 2100 g/mol. The van der Waals surface area contributed by atoms with Crippen LogP contribution in [-0.4, -0.2) is 218 Å². The number of hydrogen-bond donors (Lipinski definition) is 2. The summed E-state index contributed by atoms with van der Waals surface area (Å²) in [6, 6.07) is 25.7. The summed E-state index contributed by atoms with van der Waals surface area (Å²) < 4.78 is 142. The monoisotopic (exact) mass is 2090 g/mol. The number of H-pyrrole nitrogens is 1. The molecule has 9 aromatic heterocycles. The number of methoxy groups -OCH3 is 3. The molecule has 1 amide bonds. The normalized spacial score (nSPS) is 17.5. The predicted octanol–water partition coefficient (Wildman–Crippen LogP) is 19.0. The Morgan fingerprint density at radius 1 is 0.426 bits per heavy atom. The van der Waals surface area contributed by atoms with Gasteiger partial charge in [0.05, 0.1) is 191 Å². The number of aromatic nitrogens is 14. The zero-order valence-corrected chi connectivity index (χ0v) is 87.3. The topological polar surface area (TPSA) is 375 Å². The number of carbonyl (C=O) groups is 4. The van der Waals surface area contributed by atoms with Gasteiger partial charge in [-0.3, -0.25) is 33.0 Å². The van der Waals surface area contributed by atoms with E-state index in [1.165, 1.54) is 49.1 Å². The zero-order chi connectivity index (χ0) is 105. The predicted molar refractivity (Wildman–Crippen MR) is 552 cm³/mol. The fourth-order valence-corrected chi connectivity index (χ4v) is 20.0. The molecule has 148 heavy (non-hydrogen) atoms. The largest absolute Gasteiger partial charge is 0.494 e. The number of benzene rings is 5. The molecular weight excluding hydrogens is 1970 g/mol. The maximum atomic E-state index is 15.7. The second kappa shape index (κ2) is 46.8. The van der Waals surface area contributed by atoms with Gasteiger partial charge in [-0.05, 0) is 231 Å². The Balaban J connectivity index is 0.000000133. The van der Waals surface area contributed by atoms with Gasteiger partial charge in [0.15, 0.2) is 0 Å². The van der Waals surface area contributed by atoms with Crippen molar-refractivity contribution in [2.75, 3.05) is 107 Å². The molecule has 5 atom stereocenters. The molecule has 3 N–H and O–H groups in total. The van der Waals surface area contributed by atoms with Crippen molar-refractivity contribution in [2.24, 2.45) is 5.73 Å². The summed E-state index contributed by atoms with van der Waals surface area (Å²) in [6.45, 7) is 31.4. The van der Waals surface area contributed by atoms with E-state index >= 15 is 13.2 Å². The van der Waals surface area contributed by atoms with Crippen molar-refractivity contribution in [3.63, 3.8) is 0 Å². The van der Waals surface area contributed by atoms with Crippen molar-refractivity contribution in [3.05, 3.63) is 234 Å². The number of nitrogens with one attached hydrogen (secondary N) is 1. The van der Waals surface area contributed by atoms with Crippen LogP contribution in [-0.2, 0) is 66.5 Å². The number of primary amides is 1. The highest BCUT2D eigenvalue weighted by molar-refractivity contribution is 9.10. The van der Waals surface area contributed by atoms with Gasteiger partial charge in [-0.15, -0.1) is 0 Å². The van der Waals surface area contributed by atoms with Gasteiger partial charge in [-0.1, -0.05) is 73.1 Å². The number of aryl methyl sites for hydroxylation is 3.